The van der Waals surface area contributed by atoms with Crippen molar-refractivity contribution in [3.63, 3.8) is 0 Å². The Morgan fingerprint density at radius 3 is 2.56 bits per heavy atom. The van der Waals surface area contributed by atoms with Gasteiger partial charge in [-0.25, -0.2) is 8.42 Å². The highest BCUT2D eigenvalue weighted by Gasteiger charge is 2.31. The fraction of sp³-hybridized carbons (Fsp3) is 1.00. The minimum atomic E-state index is -2.91. The van der Waals surface area contributed by atoms with Crippen molar-refractivity contribution in [1.29, 1.82) is 0 Å². The van der Waals surface area contributed by atoms with Crippen LogP contribution in [0.4, 0.5) is 0 Å². The molecule has 0 saturated heterocycles. The molecule has 1 fully saturated rings. The fourth-order valence-corrected chi connectivity index (χ4v) is 3.53. The second kappa shape index (κ2) is 5.47. The average molecular weight is 249 g/mol. The standard InChI is InChI=1S/C11H23NO3S/c1-9(8-13)12(2)10-5-4-6-11(7-10)16(3,14)15/h9-11,13H,4-8H2,1-3H3. The van der Waals surface area contributed by atoms with Crippen molar-refractivity contribution in [2.45, 2.75) is 49.9 Å². The molecule has 0 amide bonds. The molecule has 0 radical (unpaired) electrons. The minimum Gasteiger partial charge on any atom is -0.395 e. The fourth-order valence-electron chi connectivity index (χ4n) is 2.37. The third kappa shape index (κ3) is 3.43. The number of sulfone groups is 1. The molecular formula is C11H23NO3S. The summed E-state index contributed by atoms with van der Waals surface area (Å²) in [4.78, 5) is 2.11. The van der Waals surface area contributed by atoms with E-state index in [1.165, 1.54) is 6.26 Å². The third-order valence-electron chi connectivity index (χ3n) is 3.74. The molecule has 3 unspecified atom stereocenters. The van der Waals surface area contributed by atoms with Crippen molar-refractivity contribution in [2.75, 3.05) is 19.9 Å². The van der Waals surface area contributed by atoms with Gasteiger partial charge < -0.3 is 5.11 Å². The van der Waals surface area contributed by atoms with Crippen LogP contribution in [0.5, 0.6) is 0 Å². The molecule has 0 aromatic heterocycles. The number of likely N-dealkylation sites (N-methyl/N-ethyl adjacent to an activating group) is 1. The van der Waals surface area contributed by atoms with Crippen LogP contribution < -0.4 is 0 Å². The molecule has 0 aliphatic heterocycles. The molecule has 4 nitrogen and oxygen atoms in total. The lowest BCUT2D eigenvalue weighted by Crippen LogP contribution is -2.45. The summed E-state index contributed by atoms with van der Waals surface area (Å²) in [6.45, 7) is 2.08. The highest BCUT2D eigenvalue weighted by molar-refractivity contribution is 7.91. The average Bonchev–Trinajstić information content (AvgIpc) is 2.26. The number of rotatable bonds is 4. The number of hydrogen-bond donors (Lipinski definition) is 1. The summed E-state index contributed by atoms with van der Waals surface area (Å²) in [5.41, 5.74) is 0. The summed E-state index contributed by atoms with van der Waals surface area (Å²) >= 11 is 0. The monoisotopic (exact) mass is 249 g/mol. The molecule has 0 aromatic carbocycles. The van der Waals surface area contributed by atoms with Gasteiger partial charge in [0.05, 0.1) is 11.9 Å². The van der Waals surface area contributed by atoms with Gasteiger partial charge in [-0.05, 0) is 33.2 Å². The Morgan fingerprint density at radius 1 is 1.44 bits per heavy atom. The Morgan fingerprint density at radius 2 is 2.06 bits per heavy atom. The third-order valence-corrected chi connectivity index (χ3v) is 5.38. The summed E-state index contributed by atoms with van der Waals surface area (Å²) in [6, 6.07) is 0.388. The van der Waals surface area contributed by atoms with Crippen LogP contribution >= 0.6 is 0 Å². The molecule has 0 aromatic rings. The molecule has 5 heteroatoms. The first-order chi connectivity index (χ1) is 7.36. The van der Waals surface area contributed by atoms with Crippen LogP contribution in [0.2, 0.25) is 0 Å². The van der Waals surface area contributed by atoms with Gasteiger partial charge in [0, 0.05) is 18.3 Å². The van der Waals surface area contributed by atoms with Crippen molar-refractivity contribution >= 4 is 9.84 Å². The summed E-state index contributed by atoms with van der Waals surface area (Å²) < 4.78 is 23.1. The maximum Gasteiger partial charge on any atom is 0.150 e. The molecule has 0 bridgehead atoms. The van der Waals surface area contributed by atoms with Crippen LogP contribution in [-0.4, -0.2) is 55.7 Å². The van der Waals surface area contributed by atoms with Crippen LogP contribution in [0, 0.1) is 0 Å². The van der Waals surface area contributed by atoms with Gasteiger partial charge in [-0.1, -0.05) is 6.42 Å². The molecule has 0 spiro atoms. The first-order valence-electron chi connectivity index (χ1n) is 5.88. The zero-order chi connectivity index (χ0) is 12.3. The van der Waals surface area contributed by atoms with E-state index in [0.29, 0.717) is 6.42 Å². The predicted molar refractivity (Wildman–Crippen MR) is 65.2 cm³/mol. The molecule has 1 rings (SSSR count). The van der Waals surface area contributed by atoms with Gasteiger partial charge >= 0.3 is 0 Å². The second-order valence-electron chi connectivity index (χ2n) is 4.97. The molecule has 1 aliphatic rings. The van der Waals surface area contributed by atoms with Gasteiger partial charge in [-0.15, -0.1) is 0 Å². The van der Waals surface area contributed by atoms with E-state index in [-0.39, 0.29) is 23.9 Å². The minimum absolute atomic E-state index is 0.100. The Bertz CT molecular complexity index is 315. The van der Waals surface area contributed by atoms with Crippen molar-refractivity contribution in [3.8, 4) is 0 Å². The highest BCUT2D eigenvalue weighted by Crippen LogP contribution is 2.27. The highest BCUT2D eigenvalue weighted by atomic mass is 32.2. The quantitative estimate of drug-likeness (QED) is 0.795. The lowest BCUT2D eigenvalue weighted by Gasteiger charge is -2.37. The largest absolute Gasteiger partial charge is 0.395 e. The number of nitrogens with zero attached hydrogens (tertiary/aromatic N) is 1. The number of aliphatic hydroxyl groups excluding tert-OH is 1. The summed E-state index contributed by atoms with van der Waals surface area (Å²) in [7, 11) is -0.945. The zero-order valence-electron chi connectivity index (χ0n) is 10.4. The van der Waals surface area contributed by atoms with Gasteiger partial charge in [0.25, 0.3) is 0 Å². The van der Waals surface area contributed by atoms with Crippen LogP contribution in [-0.2, 0) is 9.84 Å². The van der Waals surface area contributed by atoms with Gasteiger partial charge in [0.2, 0.25) is 0 Å². The van der Waals surface area contributed by atoms with E-state index in [1.54, 1.807) is 0 Å². The van der Waals surface area contributed by atoms with Crippen LogP contribution in [0.3, 0.4) is 0 Å². The lowest BCUT2D eigenvalue weighted by molar-refractivity contribution is 0.100. The molecule has 1 saturated carbocycles. The maximum atomic E-state index is 11.5. The van der Waals surface area contributed by atoms with E-state index in [0.717, 1.165) is 19.3 Å². The van der Waals surface area contributed by atoms with Crippen LogP contribution in [0.1, 0.15) is 32.6 Å². The van der Waals surface area contributed by atoms with Crippen LogP contribution in [0.25, 0.3) is 0 Å². The Balaban J connectivity index is 2.64. The SMILES string of the molecule is CC(CO)N(C)C1CCCC(S(C)(=O)=O)C1. The van der Waals surface area contributed by atoms with Gasteiger partial charge in [-0.3, -0.25) is 4.90 Å². The molecular weight excluding hydrogens is 226 g/mol. The molecule has 3 atom stereocenters. The predicted octanol–water partition coefficient (Wildman–Crippen LogP) is 0.655. The van der Waals surface area contributed by atoms with E-state index in [9.17, 15) is 8.42 Å². The smallest absolute Gasteiger partial charge is 0.150 e. The topological polar surface area (TPSA) is 57.6 Å². The first-order valence-corrected chi connectivity index (χ1v) is 7.83. The zero-order valence-corrected chi connectivity index (χ0v) is 11.2. The second-order valence-corrected chi connectivity index (χ2v) is 7.29. The lowest BCUT2D eigenvalue weighted by atomic mass is 9.93. The molecule has 1 aliphatic carbocycles. The maximum absolute atomic E-state index is 11.5. The Kier molecular flexibility index (Phi) is 4.76. The van der Waals surface area contributed by atoms with E-state index >= 15 is 0 Å². The van der Waals surface area contributed by atoms with Crippen molar-refractivity contribution in [1.82, 2.24) is 4.90 Å². The first kappa shape index (κ1) is 13.9. The summed E-state index contributed by atoms with van der Waals surface area (Å²) in [5, 5.41) is 8.91. The normalized spacial score (nSPS) is 29.3. The van der Waals surface area contributed by atoms with E-state index in [4.69, 9.17) is 5.11 Å². The van der Waals surface area contributed by atoms with Gasteiger partial charge in [-0.2, -0.15) is 0 Å². The number of aliphatic hydroxyl groups is 1. The molecule has 1 N–H and O–H groups in total. The Hall–Kier alpha value is -0.130. The van der Waals surface area contributed by atoms with Crippen molar-refractivity contribution < 1.29 is 13.5 Å². The van der Waals surface area contributed by atoms with E-state index < -0.39 is 9.84 Å². The summed E-state index contributed by atoms with van der Waals surface area (Å²) in [6.07, 6.45) is 4.82. The van der Waals surface area contributed by atoms with Gasteiger partial charge in [0.1, 0.15) is 9.84 Å². The Labute approximate surface area is 98.6 Å². The summed E-state index contributed by atoms with van der Waals surface area (Å²) in [5.74, 6) is 0. The van der Waals surface area contributed by atoms with Crippen molar-refractivity contribution in [3.05, 3.63) is 0 Å². The molecule has 16 heavy (non-hydrogen) atoms. The van der Waals surface area contributed by atoms with E-state index in [1.807, 2.05) is 14.0 Å². The van der Waals surface area contributed by atoms with Gasteiger partial charge in [0.15, 0.2) is 0 Å². The molecule has 96 valence electrons. The van der Waals surface area contributed by atoms with E-state index in [2.05, 4.69) is 4.90 Å². The van der Waals surface area contributed by atoms with Crippen molar-refractivity contribution in [2.24, 2.45) is 0 Å². The number of hydrogen-bond acceptors (Lipinski definition) is 4. The van der Waals surface area contributed by atoms with Crippen LogP contribution in [0.15, 0.2) is 0 Å². The molecule has 0 heterocycles.